The van der Waals surface area contributed by atoms with Gasteiger partial charge in [-0.15, -0.1) is 0 Å². The molecule has 25 heavy (non-hydrogen) atoms. The van der Waals surface area contributed by atoms with Crippen LogP contribution in [0.5, 0.6) is 0 Å². The van der Waals surface area contributed by atoms with Gasteiger partial charge in [-0.2, -0.15) is 15.3 Å². The largest absolute Gasteiger partial charge is 0.741 e. The van der Waals surface area contributed by atoms with E-state index in [1.807, 2.05) is 37.3 Å². The van der Waals surface area contributed by atoms with Crippen molar-refractivity contribution in [3.8, 4) is 0 Å². The molecule has 1 heterocycles. The van der Waals surface area contributed by atoms with Crippen LogP contribution < -0.4 is 10.7 Å². The number of halogens is 1. The number of benzene rings is 1. The van der Waals surface area contributed by atoms with Gasteiger partial charge in [0.05, 0.1) is 10.7 Å². The van der Waals surface area contributed by atoms with Crippen molar-refractivity contribution in [1.29, 1.82) is 0 Å². The first-order valence-electron chi connectivity index (χ1n) is 7.08. The number of amidine groups is 1. The minimum Gasteiger partial charge on any atom is -0.741 e. The fourth-order valence-electron chi connectivity index (χ4n) is 1.72. The van der Waals surface area contributed by atoms with Crippen LogP contribution in [0.25, 0.3) is 0 Å². The first-order chi connectivity index (χ1) is 11.6. The van der Waals surface area contributed by atoms with Gasteiger partial charge in [0.15, 0.2) is 0 Å². The van der Waals surface area contributed by atoms with Crippen LogP contribution in [0.2, 0.25) is 5.02 Å². The zero-order chi connectivity index (χ0) is 17.4. The molecule has 0 aliphatic carbocycles. The molecule has 126 valence electrons. The number of aromatic nitrogens is 1. The summed E-state index contributed by atoms with van der Waals surface area (Å²) in [5.41, 5.74) is 5.04. The molecule has 1 aromatic heterocycles. The standard InChI is InChI=1S/C16H17ClN6S.Zn/c1-11(20-23-16(24)18-2)15(12-6-4-3-5-7-12)22-21-14-9-8-13(17)10-19-14;/h3-10H,1-2H3,(H,19,21)(H2,18,23,24);/p-1/b20-11+,22-15-;. The van der Waals surface area contributed by atoms with E-state index >= 15 is 0 Å². The summed E-state index contributed by atoms with van der Waals surface area (Å²) >= 11 is 10.8. The zero-order valence-corrected chi connectivity index (χ0v) is 18.4. The van der Waals surface area contributed by atoms with Crippen molar-refractivity contribution in [2.75, 3.05) is 12.5 Å². The summed E-state index contributed by atoms with van der Waals surface area (Å²) in [6, 6.07) is 13.1. The summed E-state index contributed by atoms with van der Waals surface area (Å²) in [7, 11) is 1.69. The third-order valence-corrected chi connectivity index (χ3v) is 3.41. The summed E-state index contributed by atoms with van der Waals surface area (Å²) in [5.74, 6) is 0.573. The molecule has 0 spiro atoms. The van der Waals surface area contributed by atoms with Gasteiger partial charge in [-0.1, -0.05) is 41.9 Å². The number of hydrogen-bond acceptors (Lipinski definition) is 6. The number of rotatable bonds is 5. The monoisotopic (exact) mass is 423 g/mol. The molecule has 9 heteroatoms. The summed E-state index contributed by atoms with van der Waals surface area (Å²) in [5, 5.41) is 16.1. The van der Waals surface area contributed by atoms with Crippen LogP contribution in [0.1, 0.15) is 12.5 Å². The summed E-state index contributed by atoms with van der Waals surface area (Å²) < 4.78 is 0. The quantitative estimate of drug-likeness (QED) is 0.254. The van der Waals surface area contributed by atoms with Crippen molar-refractivity contribution in [1.82, 2.24) is 10.3 Å². The molecule has 2 rings (SSSR count). The van der Waals surface area contributed by atoms with E-state index in [2.05, 4.69) is 31.0 Å². The molecule has 0 aliphatic rings. The number of pyridine rings is 1. The number of nitrogens with one attached hydrogen (secondary N) is 2. The van der Waals surface area contributed by atoms with E-state index in [9.17, 15) is 0 Å². The molecule has 0 saturated carbocycles. The molecular formula is C16H16ClN6SZn-. The minimum absolute atomic E-state index is 0. The van der Waals surface area contributed by atoms with Crippen molar-refractivity contribution >= 4 is 46.6 Å². The molecule has 0 atom stereocenters. The maximum Gasteiger partial charge on any atom is 0.146 e. The Morgan fingerprint density at radius 2 is 1.84 bits per heavy atom. The Bertz CT molecular complexity index is 762. The first kappa shape index (κ1) is 21.2. The van der Waals surface area contributed by atoms with Crippen molar-refractivity contribution in [2.45, 2.75) is 6.92 Å². The Kier molecular flexibility index (Phi) is 9.20. The smallest absolute Gasteiger partial charge is 0.146 e. The normalized spacial score (nSPS) is 12.4. The van der Waals surface area contributed by atoms with Crippen molar-refractivity contribution in [2.24, 2.45) is 15.3 Å². The van der Waals surface area contributed by atoms with Gasteiger partial charge in [0.25, 0.3) is 0 Å². The molecule has 0 saturated heterocycles. The average Bonchev–Trinajstić information content (AvgIpc) is 2.62. The fourth-order valence-corrected chi connectivity index (χ4v) is 1.88. The number of hydrazone groups is 1. The van der Waals surface area contributed by atoms with Gasteiger partial charge in [0.2, 0.25) is 0 Å². The SMILES string of the molecule is CN/C([S-])=N/N=C(C)/C(=N/Nc1ccc(Cl)cn1)c1ccccc1.[Zn]. The van der Waals surface area contributed by atoms with Gasteiger partial charge < -0.3 is 17.9 Å². The van der Waals surface area contributed by atoms with Gasteiger partial charge in [-0.25, -0.2) is 4.98 Å². The summed E-state index contributed by atoms with van der Waals surface area (Å²) in [6.45, 7) is 1.81. The molecule has 0 aliphatic heterocycles. The molecule has 6 nitrogen and oxygen atoms in total. The van der Waals surface area contributed by atoms with Gasteiger partial charge in [0, 0.05) is 38.3 Å². The van der Waals surface area contributed by atoms with E-state index in [1.165, 1.54) is 0 Å². The van der Waals surface area contributed by atoms with E-state index in [1.54, 1.807) is 25.4 Å². The molecule has 0 bridgehead atoms. The third-order valence-electron chi connectivity index (χ3n) is 2.90. The Morgan fingerprint density at radius 1 is 1.12 bits per heavy atom. The van der Waals surface area contributed by atoms with Crippen molar-refractivity contribution < 1.29 is 19.5 Å². The Morgan fingerprint density at radius 3 is 2.44 bits per heavy atom. The Labute approximate surface area is 170 Å². The number of anilines is 1. The van der Waals surface area contributed by atoms with Gasteiger partial charge in [-0.3, -0.25) is 5.43 Å². The predicted octanol–water partition coefficient (Wildman–Crippen LogP) is 3.05. The van der Waals surface area contributed by atoms with Gasteiger partial charge in [-0.05, 0) is 24.2 Å². The van der Waals surface area contributed by atoms with Crippen LogP contribution >= 0.6 is 11.6 Å². The van der Waals surface area contributed by atoms with Crippen molar-refractivity contribution in [3.05, 3.63) is 59.2 Å². The molecule has 0 fully saturated rings. The number of nitrogens with zero attached hydrogens (tertiary/aromatic N) is 4. The third kappa shape index (κ3) is 6.86. The number of hydrogen-bond donors (Lipinski definition) is 2. The molecule has 0 amide bonds. The minimum atomic E-state index is 0. The topological polar surface area (TPSA) is 74.0 Å². The average molecular weight is 425 g/mol. The molecule has 0 radical (unpaired) electrons. The van der Waals surface area contributed by atoms with E-state index in [0.717, 1.165) is 5.56 Å². The van der Waals surface area contributed by atoms with E-state index in [4.69, 9.17) is 24.2 Å². The van der Waals surface area contributed by atoms with E-state index in [0.29, 0.717) is 27.4 Å². The fraction of sp³-hybridized carbons (Fsp3) is 0.125. The summed E-state index contributed by atoms with van der Waals surface area (Å²) in [4.78, 5) is 4.15. The van der Waals surface area contributed by atoms with Crippen LogP contribution in [0.15, 0.2) is 64.0 Å². The summed E-state index contributed by atoms with van der Waals surface area (Å²) in [6.07, 6.45) is 1.54. The molecule has 2 N–H and O–H groups in total. The van der Waals surface area contributed by atoms with Crippen LogP contribution in [0.3, 0.4) is 0 Å². The van der Waals surface area contributed by atoms with Crippen LogP contribution in [-0.4, -0.2) is 28.6 Å². The van der Waals surface area contributed by atoms with Gasteiger partial charge >= 0.3 is 0 Å². The molecule has 2 aromatic rings. The second-order valence-electron chi connectivity index (χ2n) is 4.64. The molecule has 0 unspecified atom stereocenters. The van der Waals surface area contributed by atoms with Gasteiger partial charge in [0.1, 0.15) is 11.5 Å². The van der Waals surface area contributed by atoms with E-state index in [-0.39, 0.29) is 19.5 Å². The van der Waals surface area contributed by atoms with E-state index < -0.39 is 0 Å². The zero-order valence-electron chi connectivity index (χ0n) is 13.9. The maximum atomic E-state index is 5.83. The van der Waals surface area contributed by atoms with Crippen molar-refractivity contribution in [3.63, 3.8) is 0 Å². The predicted molar refractivity (Wildman–Crippen MR) is 103 cm³/mol. The molecule has 1 aromatic carbocycles. The first-order valence-corrected chi connectivity index (χ1v) is 7.87. The Hall–Kier alpha value is -1.89. The van der Waals surface area contributed by atoms with Crippen LogP contribution in [-0.2, 0) is 32.1 Å². The van der Waals surface area contributed by atoms with Crippen LogP contribution in [0, 0.1) is 0 Å². The second kappa shape index (κ2) is 10.9. The maximum absolute atomic E-state index is 5.83. The van der Waals surface area contributed by atoms with Crippen LogP contribution in [0.4, 0.5) is 5.82 Å². The second-order valence-corrected chi connectivity index (χ2v) is 5.46. The molecular weight excluding hydrogens is 409 g/mol. The Balaban J connectivity index is 0.00000312.